The van der Waals surface area contributed by atoms with E-state index >= 15 is 0 Å². The lowest BCUT2D eigenvalue weighted by Gasteiger charge is -2.36. The maximum Gasteiger partial charge on any atom is 0.427 e. The molecule has 0 heterocycles. The first-order chi connectivity index (χ1) is 6.83. The van der Waals surface area contributed by atoms with Gasteiger partial charge in [-0.15, -0.1) is 0 Å². The standard InChI is InChI=1S/C8H13F6NO/c1-5(2)15(3)4-6(16,7(9,10)11)8(12,13)14/h5,16H,4H2,1-3H3. The van der Waals surface area contributed by atoms with Gasteiger partial charge < -0.3 is 10.0 Å². The van der Waals surface area contributed by atoms with Crippen LogP contribution in [0, 0.1) is 0 Å². The van der Waals surface area contributed by atoms with E-state index < -0.39 is 30.5 Å². The summed E-state index contributed by atoms with van der Waals surface area (Å²) in [7, 11) is 1.08. The molecule has 0 saturated carbocycles. The largest absolute Gasteiger partial charge is 0.427 e. The fraction of sp³-hybridized carbons (Fsp3) is 1.00. The van der Waals surface area contributed by atoms with E-state index in [-0.39, 0.29) is 0 Å². The van der Waals surface area contributed by atoms with Crippen LogP contribution in [0.5, 0.6) is 0 Å². The minimum absolute atomic E-state index is 0.545. The number of rotatable bonds is 3. The van der Waals surface area contributed by atoms with Crippen molar-refractivity contribution in [3.8, 4) is 0 Å². The molecule has 0 aromatic carbocycles. The Kier molecular flexibility index (Phi) is 4.26. The fourth-order valence-corrected chi connectivity index (χ4v) is 0.884. The van der Waals surface area contributed by atoms with Crippen LogP contribution in [0.3, 0.4) is 0 Å². The highest BCUT2D eigenvalue weighted by atomic mass is 19.4. The van der Waals surface area contributed by atoms with Crippen molar-refractivity contribution in [2.45, 2.75) is 37.8 Å². The van der Waals surface area contributed by atoms with E-state index in [1.807, 2.05) is 0 Å². The Hall–Kier alpha value is -0.500. The Morgan fingerprint density at radius 2 is 1.31 bits per heavy atom. The Morgan fingerprint density at radius 3 is 1.50 bits per heavy atom. The van der Waals surface area contributed by atoms with E-state index in [4.69, 9.17) is 5.11 Å². The summed E-state index contributed by atoms with van der Waals surface area (Å²) < 4.78 is 73.4. The van der Waals surface area contributed by atoms with Crippen molar-refractivity contribution < 1.29 is 31.4 Å². The summed E-state index contributed by atoms with van der Waals surface area (Å²) in [6, 6.07) is -0.545. The average molecular weight is 253 g/mol. The number of aliphatic hydroxyl groups is 1. The van der Waals surface area contributed by atoms with E-state index in [9.17, 15) is 26.3 Å². The summed E-state index contributed by atoms with van der Waals surface area (Å²) in [4.78, 5) is 0.779. The number of nitrogens with zero attached hydrogens (tertiary/aromatic N) is 1. The summed E-state index contributed by atoms with van der Waals surface area (Å²) in [6.07, 6.45) is -11.5. The molecule has 0 aliphatic carbocycles. The van der Waals surface area contributed by atoms with Crippen molar-refractivity contribution in [1.82, 2.24) is 4.90 Å². The quantitative estimate of drug-likeness (QED) is 0.779. The summed E-state index contributed by atoms with van der Waals surface area (Å²) in [5.41, 5.74) is -4.70. The Morgan fingerprint density at radius 1 is 1.00 bits per heavy atom. The normalized spacial score (nSPS) is 15.0. The molecule has 2 nitrogen and oxygen atoms in total. The van der Waals surface area contributed by atoms with Gasteiger partial charge in [-0.2, -0.15) is 26.3 Å². The van der Waals surface area contributed by atoms with Crippen molar-refractivity contribution in [2.75, 3.05) is 13.6 Å². The van der Waals surface area contributed by atoms with E-state index in [0.717, 1.165) is 11.9 Å². The molecule has 0 aliphatic rings. The maximum atomic E-state index is 12.2. The molecule has 1 N–H and O–H groups in total. The predicted molar refractivity (Wildman–Crippen MR) is 44.8 cm³/mol. The second-order valence-electron chi connectivity index (χ2n) is 3.86. The van der Waals surface area contributed by atoms with Crippen molar-refractivity contribution in [1.29, 1.82) is 0 Å². The second kappa shape index (κ2) is 4.40. The highest BCUT2D eigenvalue weighted by Crippen LogP contribution is 2.43. The molecule has 0 rings (SSSR count). The van der Waals surface area contributed by atoms with Gasteiger partial charge in [0.25, 0.3) is 5.60 Å². The molecule has 0 fully saturated rings. The van der Waals surface area contributed by atoms with Gasteiger partial charge in [0.2, 0.25) is 0 Å². The molecule has 0 saturated heterocycles. The third-order valence-corrected chi connectivity index (χ3v) is 2.30. The van der Waals surface area contributed by atoms with Gasteiger partial charge in [0.15, 0.2) is 0 Å². The molecule has 0 aliphatic heterocycles. The molecule has 98 valence electrons. The molecule has 0 spiro atoms. The van der Waals surface area contributed by atoms with Crippen LogP contribution in [0.2, 0.25) is 0 Å². The second-order valence-corrected chi connectivity index (χ2v) is 3.86. The lowest BCUT2D eigenvalue weighted by atomic mass is 10.0. The molecule has 0 aromatic heterocycles. The first-order valence-corrected chi connectivity index (χ1v) is 4.39. The van der Waals surface area contributed by atoms with Gasteiger partial charge in [0, 0.05) is 12.6 Å². The highest BCUT2D eigenvalue weighted by Gasteiger charge is 2.70. The van der Waals surface area contributed by atoms with Gasteiger partial charge in [0.05, 0.1) is 0 Å². The van der Waals surface area contributed by atoms with E-state index in [0.29, 0.717) is 0 Å². The fourth-order valence-electron chi connectivity index (χ4n) is 0.884. The molecule has 0 amide bonds. The lowest BCUT2D eigenvalue weighted by molar-refractivity contribution is -0.370. The first kappa shape index (κ1) is 15.5. The Labute approximate surface area is 88.8 Å². The first-order valence-electron chi connectivity index (χ1n) is 4.39. The van der Waals surface area contributed by atoms with Crippen LogP contribution in [0.15, 0.2) is 0 Å². The van der Waals surface area contributed by atoms with Crippen molar-refractivity contribution in [3.05, 3.63) is 0 Å². The van der Waals surface area contributed by atoms with Crippen molar-refractivity contribution >= 4 is 0 Å². The molecular formula is C8H13F6NO. The molecule has 0 aromatic rings. The van der Waals surface area contributed by atoms with Gasteiger partial charge >= 0.3 is 12.4 Å². The van der Waals surface area contributed by atoms with Gasteiger partial charge in [0.1, 0.15) is 0 Å². The molecule has 0 bridgehead atoms. The van der Waals surface area contributed by atoms with Crippen LogP contribution in [-0.2, 0) is 0 Å². The minimum atomic E-state index is -5.76. The van der Waals surface area contributed by atoms with Crippen molar-refractivity contribution in [2.24, 2.45) is 0 Å². The highest BCUT2D eigenvalue weighted by molar-refractivity contribution is 4.96. The topological polar surface area (TPSA) is 23.5 Å². The van der Waals surface area contributed by atoms with Crippen LogP contribution < -0.4 is 0 Å². The summed E-state index contributed by atoms with van der Waals surface area (Å²) in [5, 5.41) is 8.81. The Balaban J connectivity index is 5.14. The summed E-state index contributed by atoms with van der Waals surface area (Å²) in [5.74, 6) is 0. The van der Waals surface area contributed by atoms with Gasteiger partial charge in [-0.25, -0.2) is 0 Å². The van der Waals surface area contributed by atoms with Gasteiger partial charge in [-0.1, -0.05) is 0 Å². The van der Waals surface area contributed by atoms with E-state index in [1.54, 1.807) is 0 Å². The minimum Gasteiger partial charge on any atom is -0.373 e. The number of hydrogen-bond acceptors (Lipinski definition) is 2. The van der Waals surface area contributed by atoms with Crippen LogP contribution in [0.25, 0.3) is 0 Å². The molecule has 0 atom stereocenters. The maximum absolute atomic E-state index is 12.2. The molecular weight excluding hydrogens is 240 g/mol. The number of alkyl halides is 6. The van der Waals surface area contributed by atoms with Crippen LogP contribution >= 0.6 is 0 Å². The van der Waals surface area contributed by atoms with Gasteiger partial charge in [-0.05, 0) is 20.9 Å². The van der Waals surface area contributed by atoms with Crippen LogP contribution in [0.4, 0.5) is 26.3 Å². The average Bonchev–Trinajstić information content (AvgIpc) is 1.99. The van der Waals surface area contributed by atoms with Crippen molar-refractivity contribution in [3.63, 3.8) is 0 Å². The molecule has 16 heavy (non-hydrogen) atoms. The third kappa shape index (κ3) is 3.00. The zero-order valence-corrected chi connectivity index (χ0v) is 8.95. The smallest absolute Gasteiger partial charge is 0.373 e. The monoisotopic (exact) mass is 253 g/mol. The lowest BCUT2D eigenvalue weighted by Crippen LogP contribution is -2.63. The number of halogens is 6. The van der Waals surface area contributed by atoms with E-state index in [2.05, 4.69) is 0 Å². The number of likely N-dealkylation sites (N-methyl/N-ethyl adjacent to an activating group) is 1. The van der Waals surface area contributed by atoms with E-state index in [1.165, 1.54) is 13.8 Å². The van der Waals surface area contributed by atoms with Crippen LogP contribution in [-0.4, -0.2) is 47.6 Å². The summed E-state index contributed by atoms with van der Waals surface area (Å²) in [6.45, 7) is 1.30. The zero-order chi connectivity index (χ0) is 13.4. The summed E-state index contributed by atoms with van der Waals surface area (Å²) >= 11 is 0. The van der Waals surface area contributed by atoms with Crippen LogP contribution in [0.1, 0.15) is 13.8 Å². The SMILES string of the molecule is CC(C)N(C)CC(O)(C(F)(F)F)C(F)(F)F. The van der Waals surface area contributed by atoms with Gasteiger partial charge in [-0.3, -0.25) is 0 Å². The molecule has 0 radical (unpaired) electrons. The predicted octanol–water partition coefficient (Wildman–Crippen LogP) is 2.18. The third-order valence-electron chi connectivity index (χ3n) is 2.30. The zero-order valence-electron chi connectivity index (χ0n) is 8.95. The molecule has 0 unspecified atom stereocenters. The molecule has 8 heteroatoms. The number of hydrogen-bond donors (Lipinski definition) is 1. The Bertz CT molecular complexity index is 220.